The number of aromatic nitrogens is 2. The third-order valence-electron chi connectivity index (χ3n) is 2.40. The third kappa shape index (κ3) is 2.73. The van der Waals surface area contributed by atoms with Gasteiger partial charge in [0.05, 0.1) is 12.4 Å². The fraction of sp³-hybridized carbons (Fsp3) is 0.556. The van der Waals surface area contributed by atoms with Crippen molar-refractivity contribution in [2.75, 3.05) is 11.6 Å². The van der Waals surface area contributed by atoms with Crippen molar-refractivity contribution in [3.05, 3.63) is 11.7 Å². The number of nitrogens with one attached hydrogen (secondary N) is 1. The Morgan fingerprint density at radius 1 is 1.67 bits per heavy atom. The summed E-state index contributed by atoms with van der Waals surface area (Å²) in [6.07, 6.45) is 0. The Hall–Kier alpha value is -1.77. The SMILES string of the molecule is Cc1nc(CNC(=O)N2CSCC2C(=O)O)no1. The molecule has 0 spiro atoms. The first kappa shape index (κ1) is 12.7. The fourth-order valence-corrected chi connectivity index (χ4v) is 2.66. The normalized spacial score (nSPS) is 18.9. The minimum atomic E-state index is -0.995. The third-order valence-corrected chi connectivity index (χ3v) is 3.41. The lowest BCUT2D eigenvalue weighted by molar-refractivity contribution is -0.140. The number of thioether (sulfide) groups is 1. The number of nitrogens with zero attached hydrogens (tertiary/aromatic N) is 3. The van der Waals surface area contributed by atoms with Crippen LogP contribution in [0, 0.1) is 6.92 Å². The predicted molar refractivity (Wildman–Crippen MR) is 61.9 cm³/mol. The van der Waals surface area contributed by atoms with E-state index in [1.54, 1.807) is 6.92 Å². The van der Waals surface area contributed by atoms with Gasteiger partial charge in [0.1, 0.15) is 6.04 Å². The minimum Gasteiger partial charge on any atom is -0.480 e. The molecule has 18 heavy (non-hydrogen) atoms. The van der Waals surface area contributed by atoms with E-state index in [0.717, 1.165) is 0 Å². The van der Waals surface area contributed by atoms with Gasteiger partial charge in [-0.2, -0.15) is 4.98 Å². The molecule has 2 amide bonds. The molecule has 1 aliphatic rings. The molecule has 0 bridgehead atoms. The molecule has 2 rings (SSSR count). The van der Waals surface area contributed by atoms with Crippen molar-refractivity contribution in [1.82, 2.24) is 20.4 Å². The van der Waals surface area contributed by atoms with Crippen LogP contribution in [-0.4, -0.2) is 49.8 Å². The lowest BCUT2D eigenvalue weighted by Gasteiger charge is -2.20. The van der Waals surface area contributed by atoms with E-state index in [1.807, 2.05) is 0 Å². The van der Waals surface area contributed by atoms with Crippen molar-refractivity contribution in [3.8, 4) is 0 Å². The van der Waals surface area contributed by atoms with Crippen LogP contribution in [0.1, 0.15) is 11.7 Å². The molecule has 0 aliphatic carbocycles. The van der Waals surface area contributed by atoms with Gasteiger partial charge < -0.3 is 19.8 Å². The number of carboxylic acid groups (broad SMARTS) is 1. The zero-order valence-electron chi connectivity index (χ0n) is 9.62. The molecule has 1 aliphatic heterocycles. The number of carboxylic acids is 1. The molecule has 2 heterocycles. The maximum Gasteiger partial charge on any atom is 0.327 e. The molecule has 1 fully saturated rings. The first-order valence-corrected chi connectivity index (χ1v) is 6.37. The zero-order valence-corrected chi connectivity index (χ0v) is 10.4. The van der Waals surface area contributed by atoms with Gasteiger partial charge in [0, 0.05) is 12.7 Å². The van der Waals surface area contributed by atoms with E-state index >= 15 is 0 Å². The van der Waals surface area contributed by atoms with Gasteiger partial charge in [0.15, 0.2) is 5.82 Å². The van der Waals surface area contributed by atoms with Gasteiger partial charge in [-0.05, 0) is 0 Å². The standard InChI is InChI=1S/C9H12N4O4S/c1-5-11-7(12-17-5)2-10-9(16)13-4-18-3-6(13)8(14)15/h6H,2-4H2,1H3,(H,10,16)(H,14,15). The second-order valence-electron chi connectivity index (χ2n) is 3.71. The van der Waals surface area contributed by atoms with Gasteiger partial charge in [-0.15, -0.1) is 11.8 Å². The average molecular weight is 272 g/mol. The Kier molecular flexibility index (Phi) is 3.70. The lowest BCUT2D eigenvalue weighted by Crippen LogP contribution is -2.46. The molecular formula is C9H12N4O4S. The molecule has 0 radical (unpaired) electrons. The molecule has 0 saturated carbocycles. The van der Waals surface area contributed by atoms with Crippen molar-refractivity contribution >= 4 is 23.8 Å². The summed E-state index contributed by atoms with van der Waals surface area (Å²) in [5.74, 6) is 0.558. The molecule has 8 nitrogen and oxygen atoms in total. The van der Waals surface area contributed by atoms with Gasteiger partial charge in [-0.3, -0.25) is 0 Å². The number of aliphatic carboxylic acids is 1. The van der Waals surface area contributed by atoms with Crippen molar-refractivity contribution in [3.63, 3.8) is 0 Å². The molecule has 1 aromatic heterocycles. The summed E-state index contributed by atoms with van der Waals surface area (Å²) in [5, 5.41) is 15.1. The van der Waals surface area contributed by atoms with Gasteiger partial charge >= 0.3 is 12.0 Å². The van der Waals surface area contributed by atoms with Crippen molar-refractivity contribution in [2.45, 2.75) is 19.5 Å². The van der Waals surface area contributed by atoms with Crippen LogP contribution < -0.4 is 5.32 Å². The summed E-state index contributed by atoms with van der Waals surface area (Å²) in [4.78, 5) is 27.9. The maximum atomic E-state index is 11.8. The second-order valence-corrected chi connectivity index (χ2v) is 4.71. The maximum absolute atomic E-state index is 11.8. The summed E-state index contributed by atoms with van der Waals surface area (Å²) >= 11 is 1.41. The lowest BCUT2D eigenvalue weighted by atomic mass is 10.3. The number of hydrogen-bond donors (Lipinski definition) is 2. The molecule has 9 heteroatoms. The molecule has 1 atom stereocenters. The van der Waals surface area contributed by atoms with Crippen molar-refractivity contribution in [2.24, 2.45) is 0 Å². The Balaban J connectivity index is 1.89. The summed E-state index contributed by atoms with van der Waals surface area (Å²) in [7, 11) is 0. The number of carbonyl (C=O) groups is 2. The van der Waals surface area contributed by atoms with Gasteiger partial charge in [-0.1, -0.05) is 5.16 Å². The highest BCUT2D eigenvalue weighted by Gasteiger charge is 2.34. The van der Waals surface area contributed by atoms with Crippen LogP contribution in [0.25, 0.3) is 0 Å². The predicted octanol–water partition coefficient (Wildman–Crippen LogP) is 0.0471. The quantitative estimate of drug-likeness (QED) is 0.800. The Morgan fingerprint density at radius 2 is 2.44 bits per heavy atom. The zero-order chi connectivity index (χ0) is 13.1. The van der Waals surface area contributed by atoms with E-state index in [0.29, 0.717) is 23.3 Å². The first-order valence-electron chi connectivity index (χ1n) is 5.22. The Labute approximate surface area is 107 Å². The summed E-state index contributed by atoms with van der Waals surface area (Å²) in [6, 6.07) is -1.21. The summed E-state index contributed by atoms with van der Waals surface area (Å²) in [6.45, 7) is 1.76. The van der Waals surface area contributed by atoms with E-state index in [4.69, 9.17) is 9.63 Å². The highest BCUT2D eigenvalue weighted by Crippen LogP contribution is 2.20. The van der Waals surface area contributed by atoms with Crippen LogP contribution >= 0.6 is 11.8 Å². The van der Waals surface area contributed by atoms with E-state index in [9.17, 15) is 9.59 Å². The van der Waals surface area contributed by atoms with Crippen LogP contribution in [-0.2, 0) is 11.3 Å². The Bertz CT molecular complexity index is 463. The van der Waals surface area contributed by atoms with E-state index in [-0.39, 0.29) is 6.54 Å². The highest BCUT2D eigenvalue weighted by molar-refractivity contribution is 7.99. The minimum absolute atomic E-state index is 0.115. The van der Waals surface area contributed by atoms with Crippen LogP contribution in [0.3, 0.4) is 0 Å². The molecule has 1 unspecified atom stereocenters. The van der Waals surface area contributed by atoms with Crippen LogP contribution in [0.2, 0.25) is 0 Å². The van der Waals surface area contributed by atoms with Crippen LogP contribution in [0.15, 0.2) is 4.52 Å². The number of rotatable bonds is 3. The Morgan fingerprint density at radius 3 is 3.06 bits per heavy atom. The van der Waals surface area contributed by atoms with Gasteiger partial charge in [0.2, 0.25) is 5.89 Å². The number of hydrogen-bond acceptors (Lipinski definition) is 6. The second kappa shape index (κ2) is 5.25. The fourth-order valence-electron chi connectivity index (χ4n) is 1.52. The van der Waals surface area contributed by atoms with Crippen molar-refractivity contribution < 1.29 is 19.2 Å². The molecule has 2 N–H and O–H groups in total. The van der Waals surface area contributed by atoms with Crippen LogP contribution in [0.5, 0.6) is 0 Å². The first-order chi connectivity index (χ1) is 8.58. The largest absolute Gasteiger partial charge is 0.480 e. The number of aryl methyl sites for hydroxylation is 1. The molecule has 98 valence electrons. The summed E-state index contributed by atoms with van der Waals surface area (Å²) < 4.78 is 4.76. The van der Waals surface area contributed by atoms with Gasteiger partial charge in [0.25, 0.3) is 0 Å². The van der Waals surface area contributed by atoms with Gasteiger partial charge in [-0.25, -0.2) is 9.59 Å². The summed E-state index contributed by atoms with van der Waals surface area (Å²) in [5.41, 5.74) is 0. The smallest absolute Gasteiger partial charge is 0.327 e. The van der Waals surface area contributed by atoms with Crippen molar-refractivity contribution in [1.29, 1.82) is 0 Å². The molecular weight excluding hydrogens is 260 g/mol. The average Bonchev–Trinajstić information content (AvgIpc) is 2.94. The van der Waals surface area contributed by atoms with E-state index < -0.39 is 18.0 Å². The topological polar surface area (TPSA) is 109 Å². The monoisotopic (exact) mass is 272 g/mol. The molecule has 0 aromatic carbocycles. The number of amides is 2. The highest BCUT2D eigenvalue weighted by atomic mass is 32.2. The number of carbonyl (C=O) groups excluding carboxylic acids is 1. The molecule has 1 aromatic rings. The van der Waals surface area contributed by atoms with Crippen LogP contribution in [0.4, 0.5) is 4.79 Å². The van der Waals surface area contributed by atoms with E-state index in [1.165, 1.54) is 16.7 Å². The molecule has 1 saturated heterocycles. The number of urea groups is 1. The van der Waals surface area contributed by atoms with E-state index in [2.05, 4.69) is 15.5 Å².